The number of fused-ring (bicyclic) bond motifs is 1. The summed E-state index contributed by atoms with van der Waals surface area (Å²) < 4.78 is 45.7. The van der Waals surface area contributed by atoms with Gasteiger partial charge in [0.2, 0.25) is 5.82 Å². The van der Waals surface area contributed by atoms with E-state index in [2.05, 4.69) is 10.1 Å². The van der Waals surface area contributed by atoms with Crippen LogP contribution in [0, 0.1) is 6.92 Å². The van der Waals surface area contributed by atoms with Gasteiger partial charge in [-0.15, -0.1) is 0 Å². The van der Waals surface area contributed by atoms with Crippen LogP contribution in [0.25, 0.3) is 22.2 Å². The fourth-order valence-corrected chi connectivity index (χ4v) is 6.37. The second-order valence-corrected chi connectivity index (χ2v) is 13.2. The van der Waals surface area contributed by atoms with Gasteiger partial charge in [0.25, 0.3) is 15.9 Å². The normalized spacial score (nSPS) is 11.8. The van der Waals surface area contributed by atoms with Crippen LogP contribution in [-0.2, 0) is 26.2 Å². The molecular formula is C32H30ClN3O6S. The molecule has 5 rings (SSSR count). The Morgan fingerprint density at radius 3 is 2.47 bits per heavy atom. The Balaban J connectivity index is 1.50. The fourth-order valence-electron chi connectivity index (χ4n) is 4.48. The molecule has 0 bridgehead atoms. The standard InChI is InChI=1S/C32H30ClN3O6S/c1-21-15-23(33)18-26(16-21)43(38,39)36(19-30(37)41-32(2,3)4)24-13-14-27-22(17-24)9-8-12-28(27)31-34-29(35-42-31)20-40-25-10-6-5-7-11-25/h5-18H,19-20H2,1-4H3. The molecule has 0 saturated carbocycles. The van der Waals surface area contributed by atoms with Crippen molar-refractivity contribution in [2.45, 2.75) is 44.8 Å². The van der Waals surface area contributed by atoms with Crippen molar-refractivity contribution in [3.05, 3.63) is 101 Å². The number of hydrogen-bond acceptors (Lipinski definition) is 8. The van der Waals surface area contributed by atoms with Crippen LogP contribution in [0.1, 0.15) is 32.2 Å². The van der Waals surface area contributed by atoms with E-state index in [1.165, 1.54) is 12.1 Å². The number of anilines is 1. The summed E-state index contributed by atoms with van der Waals surface area (Å²) in [6.07, 6.45) is 0. The molecule has 0 spiro atoms. The summed E-state index contributed by atoms with van der Waals surface area (Å²) in [6.45, 7) is 6.50. The van der Waals surface area contributed by atoms with Gasteiger partial charge >= 0.3 is 5.97 Å². The average molecular weight is 620 g/mol. The molecule has 5 aromatic rings. The molecule has 43 heavy (non-hydrogen) atoms. The predicted octanol–water partition coefficient (Wildman–Crippen LogP) is 6.97. The van der Waals surface area contributed by atoms with Gasteiger partial charge in [0.15, 0.2) is 6.61 Å². The largest absolute Gasteiger partial charge is 0.485 e. The maximum atomic E-state index is 13.9. The highest BCUT2D eigenvalue weighted by Crippen LogP contribution is 2.33. The van der Waals surface area contributed by atoms with Gasteiger partial charge < -0.3 is 14.0 Å². The summed E-state index contributed by atoms with van der Waals surface area (Å²) in [4.78, 5) is 17.4. The predicted molar refractivity (Wildman–Crippen MR) is 165 cm³/mol. The molecule has 4 aromatic carbocycles. The van der Waals surface area contributed by atoms with E-state index in [1.807, 2.05) is 42.5 Å². The molecule has 0 aliphatic carbocycles. The molecule has 0 aliphatic heterocycles. The number of halogens is 1. The molecule has 0 saturated heterocycles. The Kier molecular flexibility index (Phi) is 8.43. The van der Waals surface area contributed by atoms with Crippen molar-refractivity contribution in [3.8, 4) is 17.2 Å². The van der Waals surface area contributed by atoms with Crippen molar-refractivity contribution in [2.75, 3.05) is 10.8 Å². The first-order chi connectivity index (χ1) is 20.4. The van der Waals surface area contributed by atoms with Crippen molar-refractivity contribution < 1.29 is 27.2 Å². The van der Waals surface area contributed by atoms with Gasteiger partial charge in [-0.2, -0.15) is 4.98 Å². The molecular weight excluding hydrogens is 590 g/mol. The van der Waals surface area contributed by atoms with Crippen LogP contribution >= 0.6 is 11.6 Å². The molecule has 1 heterocycles. The smallest absolute Gasteiger partial charge is 0.327 e. The van der Waals surface area contributed by atoms with E-state index in [0.29, 0.717) is 28.1 Å². The minimum Gasteiger partial charge on any atom is -0.485 e. The highest BCUT2D eigenvalue weighted by atomic mass is 35.5. The van der Waals surface area contributed by atoms with Crippen LogP contribution in [0.2, 0.25) is 5.02 Å². The molecule has 0 amide bonds. The molecule has 0 N–H and O–H groups in total. The van der Waals surface area contributed by atoms with Gasteiger partial charge in [0.1, 0.15) is 17.9 Å². The topological polar surface area (TPSA) is 112 Å². The quantitative estimate of drug-likeness (QED) is 0.163. The van der Waals surface area contributed by atoms with Crippen molar-refractivity contribution in [1.29, 1.82) is 0 Å². The number of aromatic nitrogens is 2. The maximum absolute atomic E-state index is 13.9. The summed E-state index contributed by atoms with van der Waals surface area (Å²) in [7, 11) is -4.21. The number of esters is 1. The van der Waals surface area contributed by atoms with Gasteiger partial charge in [0.05, 0.1) is 10.6 Å². The van der Waals surface area contributed by atoms with Gasteiger partial charge in [-0.25, -0.2) is 8.42 Å². The lowest BCUT2D eigenvalue weighted by atomic mass is 10.0. The van der Waals surface area contributed by atoms with Crippen molar-refractivity contribution in [3.63, 3.8) is 0 Å². The summed E-state index contributed by atoms with van der Waals surface area (Å²) >= 11 is 6.20. The zero-order valence-corrected chi connectivity index (χ0v) is 25.6. The molecule has 9 nitrogen and oxygen atoms in total. The van der Waals surface area contributed by atoms with Gasteiger partial charge in [-0.05, 0) is 92.6 Å². The lowest BCUT2D eigenvalue weighted by Crippen LogP contribution is -2.39. The number of benzene rings is 4. The third-order valence-corrected chi connectivity index (χ3v) is 8.23. The van der Waals surface area contributed by atoms with Gasteiger partial charge in [-0.3, -0.25) is 9.10 Å². The van der Waals surface area contributed by atoms with E-state index >= 15 is 0 Å². The molecule has 0 fully saturated rings. The summed E-state index contributed by atoms with van der Waals surface area (Å²) in [5.41, 5.74) is 0.802. The molecule has 0 aliphatic rings. The Morgan fingerprint density at radius 2 is 1.74 bits per heavy atom. The monoisotopic (exact) mass is 619 g/mol. The Hall–Kier alpha value is -4.41. The van der Waals surface area contributed by atoms with Crippen LogP contribution < -0.4 is 9.04 Å². The number of nitrogens with zero attached hydrogens (tertiary/aromatic N) is 3. The molecule has 0 atom stereocenters. The number of aryl methyl sites for hydroxylation is 1. The Morgan fingerprint density at radius 1 is 0.977 bits per heavy atom. The van der Waals surface area contributed by atoms with E-state index in [0.717, 1.165) is 9.69 Å². The lowest BCUT2D eigenvalue weighted by molar-refractivity contribution is -0.152. The molecule has 0 unspecified atom stereocenters. The van der Waals surface area contributed by atoms with Crippen LogP contribution in [0.15, 0.2) is 94.3 Å². The number of carbonyl (C=O) groups excluding carboxylic acids is 1. The highest BCUT2D eigenvalue weighted by molar-refractivity contribution is 7.92. The number of para-hydroxylation sites is 1. The molecule has 222 valence electrons. The van der Waals surface area contributed by atoms with E-state index < -0.39 is 28.1 Å². The van der Waals surface area contributed by atoms with Crippen LogP contribution in [0.5, 0.6) is 5.75 Å². The Labute approximate surface area is 255 Å². The van der Waals surface area contributed by atoms with Gasteiger partial charge in [-0.1, -0.05) is 53.2 Å². The summed E-state index contributed by atoms with van der Waals surface area (Å²) in [5, 5.41) is 5.76. The van der Waals surface area contributed by atoms with Crippen molar-refractivity contribution in [1.82, 2.24) is 10.1 Å². The highest BCUT2D eigenvalue weighted by Gasteiger charge is 2.30. The van der Waals surface area contributed by atoms with Crippen molar-refractivity contribution >= 4 is 44.1 Å². The van der Waals surface area contributed by atoms with E-state index in [4.69, 9.17) is 25.6 Å². The zero-order valence-electron chi connectivity index (χ0n) is 24.1. The SMILES string of the molecule is Cc1cc(Cl)cc(S(=O)(=O)N(CC(=O)OC(C)(C)C)c2ccc3c(-c4nc(COc5ccccc5)no4)cccc3c2)c1. The fraction of sp³-hybridized carbons (Fsp3) is 0.219. The van der Waals surface area contributed by atoms with Crippen molar-refractivity contribution in [2.24, 2.45) is 0 Å². The third kappa shape index (κ3) is 7.15. The second-order valence-electron chi connectivity index (χ2n) is 10.9. The third-order valence-electron chi connectivity index (χ3n) is 6.26. The minimum atomic E-state index is -4.21. The number of carbonyl (C=O) groups is 1. The zero-order chi connectivity index (χ0) is 30.8. The first-order valence-corrected chi connectivity index (χ1v) is 15.3. The van der Waals surface area contributed by atoms with E-state index in [9.17, 15) is 13.2 Å². The molecule has 1 aromatic heterocycles. The average Bonchev–Trinajstić information content (AvgIpc) is 3.42. The van der Waals surface area contributed by atoms with Gasteiger partial charge in [0, 0.05) is 10.6 Å². The number of sulfonamides is 1. The Bertz CT molecular complexity index is 1860. The van der Waals surface area contributed by atoms with E-state index in [1.54, 1.807) is 58.0 Å². The van der Waals surface area contributed by atoms with E-state index in [-0.39, 0.29) is 28.1 Å². The molecule has 11 heteroatoms. The van der Waals surface area contributed by atoms with Crippen LogP contribution in [0.4, 0.5) is 5.69 Å². The minimum absolute atomic E-state index is 0.0361. The number of hydrogen-bond donors (Lipinski definition) is 0. The van der Waals surface area contributed by atoms with Crippen LogP contribution in [-0.4, -0.2) is 36.7 Å². The van der Waals surface area contributed by atoms with Crippen LogP contribution in [0.3, 0.4) is 0 Å². The lowest BCUT2D eigenvalue weighted by Gasteiger charge is -2.27. The first kappa shape index (κ1) is 30.1. The maximum Gasteiger partial charge on any atom is 0.327 e. The number of rotatable bonds is 9. The summed E-state index contributed by atoms with van der Waals surface area (Å²) in [6, 6.07) is 24.4. The molecule has 0 radical (unpaired) electrons. The number of ether oxygens (including phenoxy) is 2. The second kappa shape index (κ2) is 12.1. The first-order valence-electron chi connectivity index (χ1n) is 13.4. The summed E-state index contributed by atoms with van der Waals surface area (Å²) in [5.74, 6) is 0.654.